The van der Waals surface area contributed by atoms with Crippen LogP contribution < -0.4 is 14.7 Å². The fourth-order valence-corrected chi connectivity index (χ4v) is 5.18. The quantitative estimate of drug-likeness (QED) is 0.621. The summed E-state index contributed by atoms with van der Waals surface area (Å²) in [6.45, 7) is 9.40. The molecule has 3 fully saturated rings. The second-order valence-electron chi connectivity index (χ2n) is 9.58. The van der Waals surface area contributed by atoms with E-state index in [1.54, 1.807) is 28.0 Å². The Kier molecular flexibility index (Phi) is 7.40. The van der Waals surface area contributed by atoms with Crippen LogP contribution in [0, 0.1) is 13.8 Å². The third-order valence-corrected chi connectivity index (χ3v) is 6.99. The number of halogens is 1. The van der Waals surface area contributed by atoms with Crippen molar-refractivity contribution in [2.45, 2.75) is 39.7 Å². The van der Waals surface area contributed by atoms with Crippen molar-refractivity contribution in [3.63, 3.8) is 0 Å². The lowest BCUT2D eigenvalue weighted by Crippen LogP contribution is -2.49. The Morgan fingerprint density at radius 3 is 2.42 bits per heavy atom. The van der Waals surface area contributed by atoms with Gasteiger partial charge in [0.1, 0.15) is 12.4 Å². The number of piperazine rings is 1. The molecule has 0 aliphatic carbocycles. The van der Waals surface area contributed by atoms with Crippen LogP contribution in [0.2, 0.25) is 0 Å². The number of cyclic esters (lactones) is 1. The molecule has 192 valence electrons. The van der Waals surface area contributed by atoms with E-state index in [-0.39, 0.29) is 30.3 Å². The number of aryl methyl sites for hydroxylation is 2. The first-order chi connectivity index (χ1) is 16.8. The summed E-state index contributed by atoms with van der Waals surface area (Å²) in [5, 5.41) is 0. The number of nitrogens with zero attached hydrogens (tertiary/aromatic N) is 5. The van der Waals surface area contributed by atoms with E-state index in [1.807, 2.05) is 24.9 Å². The number of carbonyl (C=O) groups excluding carboxylic acids is 3. The number of amides is 3. The van der Waals surface area contributed by atoms with Crippen molar-refractivity contribution in [1.29, 1.82) is 0 Å². The average molecular weight is 514 g/mol. The number of anilines is 3. The molecule has 1 aromatic heterocycles. The predicted octanol–water partition coefficient (Wildman–Crippen LogP) is 3.55. The molecular formula is C26H32ClN5O4. The number of hydrogen-bond donors (Lipinski definition) is 0. The second-order valence-corrected chi connectivity index (χ2v) is 9.58. The Bertz CT molecular complexity index is 1180. The summed E-state index contributed by atoms with van der Waals surface area (Å²) in [5.41, 5.74) is 3.95. The standard InChI is InChI=1S/C26H31N5O4.ClH/c1-17-13-18(2)24(27-15-17)28-9-11-29(12-10-28)25(33)21-7-6-20(31-19(3)16-35-26(31)34)14-22(21)30-8-4-5-23(30)32;/h6-7,13-15,19H,4-5,8-12,16H2,1-3H3;1H/t19-;/m1./s1. The van der Waals surface area contributed by atoms with Crippen LogP contribution >= 0.6 is 12.4 Å². The normalized spacial score (nSPS) is 20.0. The maximum Gasteiger partial charge on any atom is 0.414 e. The number of carbonyl (C=O) groups is 3. The van der Waals surface area contributed by atoms with Crippen LogP contribution in [0.1, 0.15) is 41.3 Å². The summed E-state index contributed by atoms with van der Waals surface area (Å²) in [4.78, 5) is 50.5. The molecule has 2 aromatic rings. The molecule has 0 bridgehead atoms. The molecular weight excluding hydrogens is 482 g/mol. The minimum Gasteiger partial charge on any atom is -0.447 e. The van der Waals surface area contributed by atoms with Gasteiger partial charge in [0.2, 0.25) is 5.91 Å². The average Bonchev–Trinajstić information content (AvgIpc) is 3.42. The van der Waals surface area contributed by atoms with Crippen LogP contribution in [0.4, 0.5) is 22.0 Å². The Morgan fingerprint density at radius 1 is 1.06 bits per heavy atom. The van der Waals surface area contributed by atoms with Gasteiger partial charge in [-0.2, -0.15) is 0 Å². The molecule has 3 saturated heterocycles. The molecule has 1 atom stereocenters. The number of pyridine rings is 1. The molecule has 36 heavy (non-hydrogen) atoms. The van der Waals surface area contributed by atoms with E-state index >= 15 is 0 Å². The Labute approximate surface area is 217 Å². The molecule has 0 saturated carbocycles. The summed E-state index contributed by atoms with van der Waals surface area (Å²) in [6.07, 6.45) is 2.67. The van der Waals surface area contributed by atoms with Crippen molar-refractivity contribution < 1.29 is 19.1 Å². The number of hydrogen-bond acceptors (Lipinski definition) is 6. The largest absolute Gasteiger partial charge is 0.447 e. The zero-order valence-electron chi connectivity index (χ0n) is 20.9. The molecule has 0 N–H and O–H groups in total. The number of rotatable bonds is 4. The monoisotopic (exact) mass is 513 g/mol. The first-order valence-electron chi connectivity index (χ1n) is 12.2. The summed E-state index contributed by atoms with van der Waals surface area (Å²) >= 11 is 0. The summed E-state index contributed by atoms with van der Waals surface area (Å²) < 4.78 is 5.17. The highest BCUT2D eigenvalue weighted by molar-refractivity contribution is 6.07. The SMILES string of the molecule is Cc1cnc(N2CCN(C(=O)c3ccc(N4C(=O)OC[C@H]4C)cc3N3CCCC3=O)CC2)c(C)c1.Cl. The summed E-state index contributed by atoms with van der Waals surface area (Å²) in [7, 11) is 0. The van der Waals surface area contributed by atoms with Crippen LogP contribution in [-0.4, -0.2) is 73.2 Å². The van der Waals surface area contributed by atoms with Crippen molar-refractivity contribution in [3.8, 4) is 0 Å². The number of aromatic nitrogens is 1. The van der Waals surface area contributed by atoms with Gasteiger partial charge in [-0.15, -0.1) is 12.4 Å². The van der Waals surface area contributed by atoms with E-state index in [9.17, 15) is 14.4 Å². The highest BCUT2D eigenvalue weighted by Gasteiger charge is 2.34. The molecule has 0 spiro atoms. The van der Waals surface area contributed by atoms with Gasteiger partial charge in [0.15, 0.2) is 0 Å². The van der Waals surface area contributed by atoms with E-state index < -0.39 is 6.09 Å². The van der Waals surface area contributed by atoms with Gasteiger partial charge in [-0.25, -0.2) is 9.78 Å². The first kappa shape index (κ1) is 25.8. The van der Waals surface area contributed by atoms with E-state index in [0.29, 0.717) is 62.7 Å². The fraction of sp³-hybridized carbons (Fsp3) is 0.462. The second kappa shape index (κ2) is 10.3. The van der Waals surface area contributed by atoms with Gasteiger partial charge in [0.05, 0.1) is 17.3 Å². The van der Waals surface area contributed by atoms with Crippen molar-refractivity contribution in [2.24, 2.45) is 0 Å². The topological polar surface area (TPSA) is 86.3 Å². The van der Waals surface area contributed by atoms with Gasteiger partial charge in [0.25, 0.3) is 5.91 Å². The van der Waals surface area contributed by atoms with Crippen molar-refractivity contribution in [2.75, 3.05) is 54.0 Å². The van der Waals surface area contributed by atoms with Crippen molar-refractivity contribution >= 4 is 47.5 Å². The van der Waals surface area contributed by atoms with E-state index in [1.165, 1.54) is 0 Å². The molecule has 3 aliphatic rings. The lowest BCUT2D eigenvalue weighted by atomic mass is 10.1. The van der Waals surface area contributed by atoms with Crippen LogP contribution in [0.5, 0.6) is 0 Å². The van der Waals surface area contributed by atoms with Gasteiger partial charge in [-0.05, 0) is 56.5 Å². The molecule has 5 rings (SSSR count). The lowest BCUT2D eigenvalue weighted by Gasteiger charge is -2.36. The Balaban J connectivity index is 0.00000304. The Morgan fingerprint density at radius 2 is 1.81 bits per heavy atom. The lowest BCUT2D eigenvalue weighted by molar-refractivity contribution is -0.117. The van der Waals surface area contributed by atoms with Gasteiger partial charge >= 0.3 is 6.09 Å². The van der Waals surface area contributed by atoms with Crippen LogP contribution in [-0.2, 0) is 9.53 Å². The maximum absolute atomic E-state index is 13.6. The molecule has 10 heteroatoms. The van der Waals surface area contributed by atoms with Crippen molar-refractivity contribution in [3.05, 3.63) is 47.2 Å². The van der Waals surface area contributed by atoms with E-state index in [2.05, 4.69) is 22.9 Å². The van der Waals surface area contributed by atoms with Gasteiger partial charge in [-0.1, -0.05) is 6.07 Å². The molecule has 3 amide bonds. The molecule has 1 aromatic carbocycles. The van der Waals surface area contributed by atoms with Gasteiger partial charge < -0.3 is 19.4 Å². The highest BCUT2D eigenvalue weighted by atomic mass is 35.5. The number of ether oxygens (including phenoxy) is 1. The van der Waals surface area contributed by atoms with E-state index in [4.69, 9.17) is 4.74 Å². The fourth-order valence-electron chi connectivity index (χ4n) is 5.18. The molecule has 9 nitrogen and oxygen atoms in total. The van der Waals surface area contributed by atoms with Gasteiger partial charge in [-0.3, -0.25) is 14.5 Å². The third kappa shape index (κ3) is 4.72. The smallest absolute Gasteiger partial charge is 0.414 e. The molecule has 0 unspecified atom stereocenters. The first-order valence-corrected chi connectivity index (χ1v) is 12.2. The third-order valence-electron chi connectivity index (χ3n) is 6.99. The molecule has 0 radical (unpaired) electrons. The number of benzene rings is 1. The molecule has 4 heterocycles. The van der Waals surface area contributed by atoms with Gasteiger partial charge in [0, 0.05) is 51.0 Å². The maximum atomic E-state index is 13.6. The van der Waals surface area contributed by atoms with Crippen LogP contribution in [0.3, 0.4) is 0 Å². The summed E-state index contributed by atoms with van der Waals surface area (Å²) in [5.74, 6) is 0.859. The zero-order chi connectivity index (χ0) is 24.7. The van der Waals surface area contributed by atoms with E-state index in [0.717, 1.165) is 23.4 Å². The summed E-state index contributed by atoms with van der Waals surface area (Å²) in [6, 6.07) is 7.32. The highest BCUT2D eigenvalue weighted by Crippen LogP contribution is 2.33. The van der Waals surface area contributed by atoms with Crippen LogP contribution in [0.25, 0.3) is 0 Å². The van der Waals surface area contributed by atoms with Crippen LogP contribution in [0.15, 0.2) is 30.5 Å². The Hall–Kier alpha value is -3.33. The minimum atomic E-state index is -0.411. The zero-order valence-corrected chi connectivity index (χ0v) is 21.7. The molecule has 3 aliphatic heterocycles. The van der Waals surface area contributed by atoms with Crippen molar-refractivity contribution in [1.82, 2.24) is 9.88 Å². The minimum absolute atomic E-state index is 0. The predicted molar refractivity (Wildman–Crippen MR) is 140 cm³/mol.